The van der Waals surface area contributed by atoms with E-state index in [9.17, 15) is 4.79 Å². The fourth-order valence-corrected chi connectivity index (χ4v) is 3.26. The molecule has 0 atom stereocenters. The summed E-state index contributed by atoms with van der Waals surface area (Å²) >= 11 is 6.03. The highest BCUT2D eigenvalue weighted by atomic mass is 35.5. The Morgan fingerprint density at radius 1 is 0.926 bits per heavy atom. The maximum atomic E-state index is 12.5. The monoisotopic (exact) mass is 378 g/mol. The average Bonchev–Trinajstić information content (AvgIpc) is 2.64. The van der Waals surface area contributed by atoms with Gasteiger partial charge in [-0.2, -0.15) is 0 Å². The molecule has 0 radical (unpaired) electrons. The Bertz CT molecular complexity index is 896. The van der Waals surface area contributed by atoms with E-state index in [0.717, 1.165) is 23.2 Å². The lowest BCUT2D eigenvalue weighted by molar-refractivity contribution is -0.117. The van der Waals surface area contributed by atoms with Crippen LogP contribution in [-0.4, -0.2) is 24.4 Å². The van der Waals surface area contributed by atoms with Crippen LogP contribution in [0, 0.1) is 0 Å². The third-order valence-electron chi connectivity index (χ3n) is 4.28. The van der Waals surface area contributed by atoms with Crippen molar-refractivity contribution in [2.45, 2.75) is 13.0 Å². The number of carbonyl (C=O) groups excluding carboxylic acids is 1. The fourth-order valence-electron chi connectivity index (χ4n) is 3.05. The largest absolute Gasteiger partial charge is 0.325 e. The van der Waals surface area contributed by atoms with Gasteiger partial charge in [-0.3, -0.25) is 9.69 Å². The minimum atomic E-state index is -0.0277. The first-order valence-corrected chi connectivity index (χ1v) is 9.32. The van der Waals surface area contributed by atoms with Crippen molar-refractivity contribution in [1.29, 1.82) is 0 Å². The summed E-state index contributed by atoms with van der Waals surface area (Å²) < 4.78 is 0. The van der Waals surface area contributed by atoms with E-state index in [1.165, 1.54) is 5.56 Å². The van der Waals surface area contributed by atoms with Gasteiger partial charge in [0.15, 0.2) is 0 Å². The van der Waals surface area contributed by atoms with Crippen molar-refractivity contribution in [2.24, 2.45) is 0 Å². The Labute approximate surface area is 165 Å². The molecule has 1 N–H and O–H groups in total. The highest BCUT2D eigenvalue weighted by Crippen LogP contribution is 2.19. The standard InChI is InChI=1S/C23H23ClN2O/c1-26(16-19-10-7-12-21(24)15-19)17-23(27)25-22-13-6-5-11-20(22)14-18-8-3-2-4-9-18/h2-13,15H,14,16-17H2,1H3,(H,25,27). The van der Waals surface area contributed by atoms with Crippen LogP contribution in [0.15, 0.2) is 78.9 Å². The number of benzene rings is 3. The molecule has 0 bridgehead atoms. The SMILES string of the molecule is CN(CC(=O)Nc1ccccc1Cc1ccccc1)Cc1cccc(Cl)c1. The second-order valence-electron chi connectivity index (χ2n) is 6.67. The zero-order valence-electron chi connectivity index (χ0n) is 15.4. The number of anilines is 1. The van der Waals surface area contributed by atoms with Gasteiger partial charge in [-0.1, -0.05) is 72.3 Å². The number of likely N-dealkylation sites (N-methyl/N-ethyl adjacent to an activating group) is 1. The minimum absolute atomic E-state index is 0.0277. The molecule has 3 rings (SSSR count). The maximum absolute atomic E-state index is 12.5. The van der Waals surface area contributed by atoms with E-state index >= 15 is 0 Å². The van der Waals surface area contributed by atoms with Gasteiger partial charge in [-0.05, 0) is 48.4 Å². The zero-order chi connectivity index (χ0) is 19.1. The highest BCUT2D eigenvalue weighted by molar-refractivity contribution is 6.30. The predicted molar refractivity (Wildman–Crippen MR) is 112 cm³/mol. The third-order valence-corrected chi connectivity index (χ3v) is 4.52. The number of rotatable bonds is 7. The van der Waals surface area contributed by atoms with Gasteiger partial charge in [0.2, 0.25) is 5.91 Å². The van der Waals surface area contributed by atoms with E-state index in [-0.39, 0.29) is 5.91 Å². The number of carbonyl (C=O) groups is 1. The van der Waals surface area contributed by atoms with Crippen LogP contribution in [0.3, 0.4) is 0 Å². The first-order chi connectivity index (χ1) is 13.1. The van der Waals surface area contributed by atoms with Gasteiger partial charge in [0.1, 0.15) is 0 Å². The van der Waals surface area contributed by atoms with Gasteiger partial charge in [0.25, 0.3) is 0 Å². The fraction of sp³-hybridized carbons (Fsp3) is 0.174. The molecule has 0 heterocycles. The van der Waals surface area contributed by atoms with Gasteiger partial charge in [0.05, 0.1) is 6.54 Å². The highest BCUT2D eigenvalue weighted by Gasteiger charge is 2.10. The Hall–Kier alpha value is -2.62. The number of nitrogens with zero attached hydrogens (tertiary/aromatic N) is 1. The Kier molecular flexibility index (Phi) is 6.64. The molecule has 1 amide bonds. The van der Waals surface area contributed by atoms with Crippen LogP contribution >= 0.6 is 11.6 Å². The van der Waals surface area contributed by atoms with E-state index in [2.05, 4.69) is 23.5 Å². The molecule has 0 aromatic heterocycles. The summed E-state index contributed by atoms with van der Waals surface area (Å²) in [5, 5.41) is 3.76. The number of para-hydroxylation sites is 1. The second-order valence-corrected chi connectivity index (χ2v) is 7.11. The predicted octanol–water partition coefficient (Wildman–Crippen LogP) is 5.00. The lowest BCUT2D eigenvalue weighted by Gasteiger charge is -2.17. The van der Waals surface area contributed by atoms with Crippen molar-refractivity contribution in [2.75, 3.05) is 18.9 Å². The number of hydrogen-bond acceptors (Lipinski definition) is 2. The van der Waals surface area contributed by atoms with Crippen molar-refractivity contribution in [1.82, 2.24) is 4.90 Å². The van der Waals surface area contributed by atoms with Crippen molar-refractivity contribution < 1.29 is 4.79 Å². The quantitative estimate of drug-likeness (QED) is 0.627. The normalized spacial score (nSPS) is 10.8. The molecular formula is C23H23ClN2O. The molecule has 27 heavy (non-hydrogen) atoms. The van der Waals surface area contributed by atoms with Gasteiger partial charge in [-0.15, -0.1) is 0 Å². The number of nitrogens with one attached hydrogen (secondary N) is 1. The van der Waals surface area contributed by atoms with E-state index in [4.69, 9.17) is 11.6 Å². The smallest absolute Gasteiger partial charge is 0.238 e. The van der Waals surface area contributed by atoms with Crippen LogP contribution in [-0.2, 0) is 17.8 Å². The summed E-state index contributed by atoms with van der Waals surface area (Å²) in [4.78, 5) is 14.5. The summed E-state index contributed by atoms with van der Waals surface area (Å²) in [6, 6.07) is 25.9. The molecule has 4 heteroatoms. The molecule has 0 aliphatic heterocycles. The minimum Gasteiger partial charge on any atom is -0.325 e. The van der Waals surface area contributed by atoms with Crippen LogP contribution < -0.4 is 5.32 Å². The number of amides is 1. The summed E-state index contributed by atoms with van der Waals surface area (Å²) in [6.45, 7) is 0.978. The van der Waals surface area contributed by atoms with Crippen LogP contribution in [0.4, 0.5) is 5.69 Å². The van der Waals surface area contributed by atoms with E-state index in [0.29, 0.717) is 18.1 Å². The molecular weight excluding hydrogens is 356 g/mol. The lowest BCUT2D eigenvalue weighted by atomic mass is 10.0. The van der Waals surface area contributed by atoms with Crippen LogP contribution in [0.5, 0.6) is 0 Å². The molecule has 3 aromatic carbocycles. The first kappa shape index (κ1) is 19.2. The van der Waals surface area contributed by atoms with Gasteiger partial charge < -0.3 is 5.32 Å². The van der Waals surface area contributed by atoms with Crippen molar-refractivity contribution >= 4 is 23.2 Å². The third kappa shape index (κ3) is 5.95. The Morgan fingerprint density at radius 3 is 2.41 bits per heavy atom. The molecule has 0 saturated carbocycles. The van der Waals surface area contributed by atoms with Gasteiger partial charge >= 0.3 is 0 Å². The molecule has 0 unspecified atom stereocenters. The molecule has 0 aliphatic carbocycles. The van der Waals surface area contributed by atoms with Crippen LogP contribution in [0.1, 0.15) is 16.7 Å². The van der Waals surface area contributed by atoms with Gasteiger partial charge in [0, 0.05) is 17.3 Å². The van der Waals surface area contributed by atoms with Crippen LogP contribution in [0.2, 0.25) is 5.02 Å². The summed E-state index contributed by atoms with van der Waals surface area (Å²) in [6.07, 6.45) is 0.787. The first-order valence-electron chi connectivity index (χ1n) is 8.95. The maximum Gasteiger partial charge on any atom is 0.238 e. The molecule has 3 nitrogen and oxygen atoms in total. The summed E-state index contributed by atoms with van der Waals surface area (Å²) in [5.74, 6) is -0.0277. The van der Waals surface area contributed by atoms with E-state index in [1.807, 2.05) is 72.6 Å². The topological polar surface area (TPSA) is 32.3 Å². The molecule has 0 saturated heterocycles. The molecule has 3 aromatic rings. The lowest BCUT2D eigenvalue weighted by Crippen LogP contribution is -2.30. The molecule has 138 valence electrons. The molecule has 0 fully saturated rings. The van der Waals surface area contributed by atoms with E-state index in [1.54, 1.807) is 0 Å². The number of halogens is 1. The number of hydrogen-bond donors (Lipinski definition) is 1. The Morgan fingerprint density at radius 2 is 1.63 bits per heavy atom. The molecule has 0 aliphatic rings. The second kappa shape index (κ2) is 9.36. The van der Waals surface area contributed by atoms with E-state index < -0.39 is 0 Å². The summed E-state index contributed by atoms with van der Waals surface area (Å²) in [5.41, 5.74) is 4.27. The van der Waals surface area contributed by atoms with Crippen LogP contribution in [0.25, 0.3) is 0 Å². The average molecular weight is 379 g/mol. The zero-order valence-corrected chi connectivity index (χ0v) is 16.1. The van der Waals surface area contributed by atoms with Gasteiger partial charge in [-0.25, -0.2) is 0 Å². The Balaban J connectivity index is 1.60. The van der Waals surface area contributed by atoms with Crippen molar-refractivity contribution in [3.8, 4) is 0 Å². The van der Waals surface area contributed by atoms with Crippen molar-refractivity contribution in [3.63, 3.8) is 0 Å². The molecule has 0 spiro atoms. The van der Waals surface area contributed by atoms with Crippen molar-refractivity contribution in [3.05, 3.63) is 101 Å². The summed E-state index contributed by atoms with van der Waals surface area (Å²) in [7, 11) is 1.93.